The molecule has 0 saturated heterocycles. The normalized spacial score (nSPS) is 10.7. The number of ether oxygens (including phenoxy) is 2. The van der Waals surface area contributed by atoms with Crippen molar-refractivity contribution in [2.45, 2.75) is 6.36 Å². The number of pyridine rings is 1. The number of hydrogen-bond acceptors (Lipinski definition) is 4. The van der Waals surface area contributed by atoms with Gasteiger partial charge < -0.3 is 14.8 Å². The number of nitrogens with one attached hydrogen (secondary N) is 1. The SMILES string of the molecule is O=C(NCC#CCOc1ccc2cccnc2c1)c1ccc(OC(F)(F)F)cc1. The predicted octanol–water partition coefficient (Wildman–Crippen LogP) is 3.95. The Hall–Kier alpha value is -3.73. The molecule has 2 aromatic carbocycles. The van der Waals surface area contributed by atoms with Crippen molar-refractivity contribution in [2.24, 2.45) is 0 Å². The van der Waals surface area contributed by atoms with Gasteiger partial charge in [0.2, 0.25) is 0 Å². The van der Waals surface area contributed by atoms with Crippen LogP contribution in [0.5, 0.6) is 11.5 Å². The zero-order chi connectivity index (χ0) is 20.7. The number of alkyl halides is 3. The average Bonchev–Trinajstić information content (AvgIpc) is 2.69. The zero-order valence-corrected chi connectivity index (χ0v) is 15.0. The molecule has 0 fully saturated rings. The van der Waals surface area contributed by atoms with Crippen LogP contribution in [0.2, 0.25) is 0 Å². The zero-order valence-electron chi connectivity index (χ0n) is 15.0. The minimum absolute atomic E-state index is 0.0717. The molecule has 1 aromatic heterocycles. The van der Waals surface area contributed by atoms with Crippen LogP contribution in [0.15, 0.2) is 60.8 Å². The van der Waals surface area contributed by atoms with Gasteiger partial charge in [0.25, 0.3) is 5.91 Å². The van der Waals surface area contributed by atoms with Crippen molar-refractivity contribution in [1.82, 2.24) is 10.3 Å². The number of carbonyl (C=O) groups excluding carboxylic acids is 1. The van der Waals surface area contributed by atoms with Crippen LogP contribution in [0, 0.1) is 11.8 Å². The predicted molar refractivity (Wildman–Crippen MR) is 100 cm³/mol. The number of amides is 1. The molecule has 5 nitrogen and oxygen atoms in total. The number of rotatable bonds is 5. The standard InChI is InChI=1S/C21H15F3N2O3/c22-21(23,24)29-17-8-6-16(7-9-17)20(27)26-11-1-2-13-28-18-10-5-15-4-3-12-25-19(15)14-18/h3-10,12,14H,11,13H2,(H,26,27). The van der Waals surface area contributed by atoms with Crippen LogP contribution in [0.4, 0.5) is 13.2 Å². The summed E-state index contributed by atoms with van der Waals surface area (Å²) < 4.78 is 45.6. The molecular weight excluding hydrogens is 385 g/mol. The Morgan fingerprint density at radius 3 is 2.55 bits per heavy atom. The maximum Gasteiger partial charge on any atom is 0.573 e. The molecule has 0 saturated carbocycles. The Kier molecular flexibility index (Phi) is 6.19. The van der Waals surface area contributed by atoms with Crippen molar-refractivity contribution in [2.75, 3.05) is 13.2 Å². The van der Waals surface area contributed by atoms with Gasteiger partial charge in [0.15, 0.2) is 0 Å². The highest BCUT2D eigenvalue weighted by molar-refractivity contribution is 5.94. The number of fused-ring (bicyclic) bond motifs is 1. The Balaban J connectivity index is 1.44. The number of aromatic nitrogens is 1. The van der Waals surface area contributed by atoms with Crippen LogP contribution < -0.4 is 14.8 Å². The second-order valence-corrected chi connectivity index (χ2v) is 5.75. The molecule has 1 N–H and O–H groups in total. The summed E-state index contributed by atoms with van der Waals surface area (Å²) in [6.07, 6.45) is -3.07. The quantitative estimate of drug-likeness (QED) is 0.659. The van der Waals surface area contributed by atoms with Gasteiger partial charge in [-0.2, -0.15) is 0 Å². The Labute approximate surface area is 164 Å². The van der Waals surface area contributed by atoms with E-state index in [1.807, 2.05) is 30.3 Å². The van der Waals surface area contributed by atoms with E-state index in [0.717, 1.165) is 23.0 Å². The fourth-order valence-corrected chi connectivity index (χ4v) is 2.40. The average molecular weight is 400 g/mol. The summed E-state index contributed by atoms with van der Waals surface area (Å²) in [5.41, 5.74) is 1.01. The Morgan fingerprint density at radius 2 is 1.79 bits per heavy atom. The molecule has 3 rings (SSSR count). The van der Waals surface area contributed by atoms with Gasteiger partial charge in [-0.3, -0.25) is 9.78 Å². The van der Waals surface area contributed by atoms with Crippen LogP contribution >= 0.6 is 0 Å². The smallest absolute Gasteiger partial charge is 0.481 e. The molecule has 8 heteroatoms. The lowest BCUT2D eigenvalue weighted by Crippen LogP contribution is -2.23. The molecule has 1 heterocycles. The second kappa shape index (κ2) is 8.97. The highest BCUT2D eigenvalue weighted by Crippen LogP contribution is 2.22. The van der Waals surface area contributed by atoms with E-state index in [4.69, 9.17) is 4.74 Å². The van der Waals surface area contributed by atoms with E-state index in [2.05, 4.69) is 26.9 Å². The minimum atomic E-state index is -4.77. The molecule has 29 heavy (non-hydrogen) atoms. The van der Waals surface area contributed by atoms with Crippen molar-refractivity contribution in [3.8, 4) is 23.3 Å². The van der Waals surface area contributed by atoms with E-state index in [1.54, 1.807) is 6.20 Å². The molecule has 3 aromatic rings. The van der Waals surface area contributed by atoms with E-state index in [0.29, 0.717) is 5.75 Å². The molecule has 0 aliphatic heterocycles. The second-order valence-electron chi connectivity index (χ2n) is 5.75. The van der Waals surface area contributed by atoms with Gasteiger partial charge in [-0.05, 0) is 42.5 Å². The number of benzene rings is 2. The fourth-order valence-electron chi connectivity index (χ4n) is 2.40. The van der Waals surface area contributed by atoms with Crippen LogP contribution in [0.1, 0.15) is 10.4 Å². The lowest BCUT2D eigenvalue weighted by atomic mass is 10.2. The first-order chi connectivity index (χ1) is 13.9. The van der Waals surface area contributed by atoms with Crippen LogP contribution in [-0.2, 0) is 0 Å². The van der Waals surface area contributed by atoms with Gasteiger partial charge in [0.1, 0.15) is 18.1 Å². The maximum atomic E-state index is 12.1. The molecule has 0 unspecified atom stereocenters. The number of hydrogen-bond donors (Lipinski definition) is 1. The maximum absolute atomic E-state index is 12.1. The molecule has 0 bridgehead atoms. The lowest BCUT2D eigenvalue weighted by molar-refractivity contribution is -0.274. The summed E-state index contributed by atoms with van der Waals surface area (Å²) in [7, 11) is 0. The van der Waals surface area contributed by atoms with Gasteiger partial charge in [-0.1, -0.05) is 17.9 Å². The number of nitrogens with zero attached hydrogens (tertiary/aromatic N) is 1. The topological polar surface area (TPSA) is 60.5 Å². The van der Waals surface area contributed by atoms with Gasteiger partial charge in [0, 0.05) is 23.2 Å². The van der Waals surface area contributed by atoms with Gasteiger partial charge in [0.05, 0.1) is 12.1 Å². The van der Waals surface area contributed by atoms with Crippen molar-refractivity contribution >= 4 is 16.8 Å². The summed E-state index contributed by atoms with van der Waals surface area (Å²) in [5.74, 6) is 5.29. The number of carbonyl (C=O) groups is 1. The molecule has 0 aliphatic rings. The number of halogens is 3. The Morgan fingerprint density at radius 1 is 1.03 bits per heavy atom. The highest BCUT2D eigenvalue weighted by Gasteiger charge is 2.31. The van der Waals surface area contributed by atoms with Crippen molar-refractivity contribution in [3.63, 3.8) is 0 Å². The monoisotopic (exact) mass is 400 g/mol. The molecule has 0 aliphatic carbocycles. The minimum Gasteiger partial charge on any atom is -0.481 e. The first kappa shape index (κ1) is 20.0. The largest absolute Gasteiger partial charge is 0.573 e. The summed E-state index contributed by atoms with van der Waals surface area (Å²) in [5, 5.41) is 3.55. The summed E-state index contributed by atoms with van der Waals surface area (Å²) in [4.78, 5) is 16.2. The van der Waals surface area contributed by atoms with Gasteiger partial charge in [-0.25, -0.2) is 0 Å². The fraction of sp³-hybridized carbons (Fsp3) is 0.143. The van der Waals surface area contributed by atoms with Crippen molar-refractivity contribution < 1.29 is 27.4 Å². The van der Waals surface area contributed by atoms with Crippen LogP contribution in [0.3, 0.4) is 0 Å². The molecule has 0 radical (unpaired) electrons. The van der Waals surface area contributed by atoms with Crippen molar-refractivity contribution in [3.05, 3.63) is 66.4 Å². The van der Waals surface area contributed by atoms with E-state index >= 15 is 0 Å². The molecular formula is C21H15F3N2O3. The van der Waals surface area contributed by atoms with E-state index < -0.39 is 18.0 Å². The van der Waals surface area contributed by atoms with Gasteiger partial charge in [-0.15, -0.1) is 13.2 Å². The lowest BCUT2D eigenvalue weighted by Gasteiger charge is -2.09. The highest BCUT2D eigenvalue weighted by atomic mass is 19.4. The third kappa shape index (κ3) is 6.14. The first-order valence-electron chi connectivity index (χ1n) is 8.48. The Bertz CT molecular complexity index is 1050. The molecule has 0 atom stereocenters. The van der Waals surface area contributed by atoms with Crippen LogP contribution in [-0.4, -0.2) is 30.4 Å². The molecule has 1 amide bonds. The summed E-state index contributed by atoms with van der Waals surface area (Å²) in [6, 6.07) is 13.9. The first-order valence-corrected chi connectivity index (χ1v) is 8.48. The summed E-state index contributed by atoms with van der Waals surface area (Å²) in [6.45, 7) is 0.208. The van der Waals surface area contributed by atoms with Crippen LogP contribution in [0.25, 0.3) is 10.9 Å². The van der Waals surface area contributed by atoms with Gasteiger partial charge >= 0.3 is 6.36 Å². The summed E-state index contributed by atoms with van der Waals surface area (Å²) >= 11 is 0. The van der Waals surface area contributed by atoms with Crippen molar-refractivity contribution in [1.29, 1.82) is 0 Å². The molecule has 148 valence electrons. The third-order valence-electron chi connectivity index (χ3n) is 3.70. The van der Waals surface area contributed by atoms with E-state index in [9.17, 15) is 18.0 Å². The van der Waals surface area contributed by atoms with E-state index in [1.165, 1.54) is 12.1 Å². The van der Waals surface area contributed by atoms with E-state index in [-0.39, 0.29) is 18.7 Å². The third-order valence-corrected chi connectivity index (χ3v) is 3.70. The molecule has 0 spiro atoms.